The van der Waals surface area contributed by atoms with Crippen LogP contribution in [0, 0.1) is 69.2 Å². The van der Waals surface area contributed by atoms with Gasteiger partial charge >= 0.3 is 0 Å². The molecular formula is C77H73ClN2. The molecule has 10 aromatic carbocycles. The van der Waals surface area contributed by atoms with Crippen LogP contribution in [-0.2, 0) is 0 Å². The summed E-state index contributed by atoms with van der Waals surface area (Å²) in [6, 6.07) is 83.7. The molecule has 0 saturated heterocycles. The zero-order chi connectivity index (χ0) is 54.9. The normalized spacial score (nSPS) is 11.5. The first-order chi connectivity index (χ1) is 38.2. The van der Waals surface area contributed by atoms with Crippen molar-refractivity contribution in [2.75, 3.05) is 0 Å². The number of rotatable bonds is 14. The molecule has 0 aliphatic rings. The molecule has 0 saturated carbocycles. The summed E-state index contributed by atoms with van der Waals surface area (Å²) in [5.74, 6) is -0.304. The molecule has 1 heterocycles. The Morgan fingerprint density at radius 2 is 0.463 bits per heavy atom. The molecular weight excluding hydrogens is 988 g/mol. The Balaban J connectivity index is 0.00000720. The van der Waals surface area contributed by atoms with Crippen molar-refractivity contribution in [3.05, 3.63) is 360 Å². The molecule has 3 heteroatoms. The van der Waals surface area contributed by atoms with Gasteiger partial charge in [0.15, 0.2) is 0 Å². The molecule has 0 unspecified atom stereocenters. The third-order valence-electron chi connectivity index (χ3n) is 16.3. The summed E-state index contributed by atoms with van der Waals surface area (Å²) in [4.78, 5) is 0. The fourth-order valence-corrected chi connectivity index (χ4v) is 12.0. The predicted octanol–water partition coefficient (Wildman–Crippen LogP) is 15.6. The average Bonchev–Trinajstić information content (AvgIpc) is 4.00. The summed E-state index contributed by atoms with van der Waals surface area (Å²) in [5.41, 5.74) is 29.9. The molecule has 2 nitrogen and oxygen atoms in total. The van der Waals surface area contributed by atoms with Gasteiger partial charge in [0.05, 0.1) is 0 Å². The van der Waals surface area contributed by atoms with Crippen molar-refractivity contribution < 1.29 is 17.0 Å². The van der Waals surface area contributed by atoms with Gasteiger partial charge in [0.2, 0.25) is 0 Å². The van der Waals surface area contributed by atoms with Gasteiger partial charge in [0.1, 0.15) is 23.8 Å². The average molecular weight is 1060 g/mol. The fraction of sp³-hybridized carbons (Fsp3) is 0.182. The van der Waals surface area contributed by atoms with Crippen molar-refractivity contribution in [2.24, 2.45) is 0 Å². The third-order valence-corrected chi connectivity index (χ3v) is 16.3. The second kappa shape index (κ2) is 23.6. The number of imidazole rings is 1. The molecule has 0 N–H and O–H groups in total. The number of hydrogen-bond donors (Lipinski definition) is 0. The minimum Gasteiger partial charge on any atom is -1.00 e. The molecule has 80 heavy (non-hydrogen) atoms. The molecule has 0 aliphatic heterocycles. The first-order valence-electron chi connectivity index (χ1n) is 28.2. The molecule has 11 aromatic rings. The lowest BCUT2D eigenvalue weighted by molar-refractivity contribution is -0.595. The second-order valence-electron chi connectivity index (χ2n) is 22.8. The highest BCUT2D eigenvalue weighted by Crippen LogP contribution is 2.45. The van der Waals surface area contributed by atoms with Crippen LogP contribution in [0.25, 0.3) is 11.4 Å². The topological polar surface area (TPSA) is 8.81 Å². The van der Waals surface area contributed by atoms with Crippen LogP contribution in [0.1, 0.15) is 146 Å². The number of aromatic nitrogens is 2. The van der Waals surface area contributed by atoms with Gasteiger partial charge in [-0.15, -0.1) is 0 Å². The van der Waals surface area contributed by atoms with Gasteiger partial charge in [-0.05, 0) is 114 Å². The van der Waals surface area contributed by atoms with E-state index >= 15 is 0 Å². The number of hydrogen-bond acceptors (Lipinski definition) is 0. The maximum absolute atomic E-state index is 2.47. The summed E-state index contributed by atoms with van der Waals surface area (Å²) in [6.45, 7) is 22.1. The van der Waals surface area contributed by atoms with Gasteiger partial charge in [-0.25, -0.2) is 9.13 Å². The first kappa shape index (κ1) is 55.0. The third kappa shape index (κ3) is 11.6. The molecule has 0 aliphatic carbocycles. The summed E-state index contributed by atoms with van der Waals surface area (Å²) in [7, 11) is 0. The van der Waals surface area contributed by atoms with E-state index in [0.29, 0.717) is 0 Å². The van der Waals surface area contributed by atoms with Crippen LogP contribution in [0.3, 0.4) is 0 Å². The SMILES string of the molecule is Cc1ccc(C(c2ccc(C)cc2)c2cc(C)cc(C(c3ccc(C)cc3)c3ccc(C)cc3)c2-n2cc[n+](-c3c(C(c4ccc(C)cc4)c4ccc(C)cc4)cc(C)cc3C(c3ccc(C)cc3)c3ccc(C)cc3)c2)cc1.[Cl-]. The van der Waals surface area contributed by atoms with Crippen LogP contribution in [0.15, 0.2) is 237 Å². The van der Waals surface area contributed by atoms with E-state index in [1.54, 1.807) is 0 Å². The predicted molar refractivity (Wildman–Crippen MR) is 330 cm³/mol. The van der Waals surface area contributed by atoms with E-state index in [1.807, 2.05) is 0 Å². The van der Waals surface area contributed by atoms with Gasteiger partial charge in [-0.1, -0.05) is 274 Å². The number of halogens is 1. The summed E-state index contributed by atoms with van der Waals surface area (Å²) in [5, 5.41) is 0. The summed E-state index contributed by atoms with van der Waals surface area (Å²) < 4.78 is 4.92. The maximum Gasteiger partial charge on any atom is 0.254 e. The summed E-state index contributed by atoms with van der Waals surface area (Å²) in [6.07, 6.45) is 7.04. The first-order valence-corrected chi connectivity index (χ1v) is 28.2. The molecule has 1 aromatic heterocycles. The zero-order valence-electron chi connectivity index (χ0n) is 48.1. The quantitative estimate of drug-likeness (QED) is 0.0758. The largest absolute Gasteiger partial charge is 1.00 e. The van der Waals surface area contributed by atoms with E-state index in [0.717, 1.165) is 0 Å². The van der Waals surface area contributed by atoms with E-state index in [4.69, 9.17) is 0 Å². The van der Waals surface area contributed by atoms with Crippen molar-refractivity contribution in [1.29, 1.82) is 0 Å². The van der Waals surface area contributed by atoms with Crippen LogP contribution < -0.4 is 17.0 Å². The van der Waals surface area contributed by atoms with E-state index in [2.05, 4.69) is 315 Å². The monoisotopic (exact) mass is 1060 g/mol. The van der Waals surface area contributed by atoms with Crippen LogP contribution in [-0.4, -0.2) is 4.57 Å². The van der Waals surface area contributed by atoms with E-state index in [1.165, 1.54) is 134 Å². The highest BCUT2D eigenvalue weighted by Gasteiger charge is 2.34. The molecule has 0 spiro atoms. The van der Waals surface area contributed by atoms with Gasteiger partial charge in [-0.2, -0.15) is 0 Å². The second-order valence-corrected chi connectivity index (χ2v) is 22.8. The van der Waals surface area contributed by atoms with Crippen molar-refractivity contribution in [1.82, 2.24) is 4.57 Å². The van der Waals surface area contributed by atoms with Gasteiger partial charge in [-0.3, -0.25) is 0 Å². The molecule has 0 amide bonds. The molecule has 0 radical (unpaired) electrons. The van der Waals surface area contributed by atoms with Gasteiger partial charge < -0.3 is 12.4 Å². The maximum atomic E-state index is 2.47. The number of benzene rings is 10. The Morgan fingerprint density at radius 3 is 0.688 bits per heavy atom. The lowest BCUT2D eigenvalue weighted by atomic mass is 9.77. The van der Waals surface area contributed by atoms with Crippen molar-refractivity contribution in [3.8, 4) is 11.4 Å². The minimum atomic E-state index is -0.0761. The Labute approximate surface area is 482 Å². The fourth-order valence-electron chi connectivity index (χ4n) is 12.0. The standard InChI is InChI=1S/C77H73N2.ClH/c1-50-11-27-60(28-12-50)72(61-29-13-51(2)14-30-61)68-45-58(9)46-69(73(62-31-15-52(3)16-32-62)63-33-17-53(4)18-34-63)76(68)78-43-44-79(49-78)77-70(74(64-35-19-54(5)20-36-64)65-37-21-55(6)22-38-65)47-59(10)48-71(77)75(66-39-23-56(7)24-40-66)67-41-25-57(8)26-42-67;/h11-49,72-75H,1-10H3;1H/q+1;/p-1. The highest BCUT2D eigenvalue weighted by atomic mass is 35.5. The molecule has 0 bridgehead atoms. The Kier molecular flexibility index (Phi) is 16.2. The molecule has 0 atom stereocenters. The number of nitrogens with zero attached hydrogens (tertiary/aromatic N) is 2. The van der Waals surface area contributed by atoms with E-state index < -0.39 is 0 Å². The van der Waals surface area contributed by atoms with E-state index in [9.17, 15) is 0 Å². The molecule has 11 rings (SSSR count). The smallest absolute Gasteiger partial charge is 0.254 e. The molecule has 0 fully saturated rings. The minimum absolute atomic E-state index is 0. The lowest BCUT2D eigenvalue weighted by Crippen LogP contribution is -3.00. The Morgan fingerprint density at radius 1 is 0.263 bits per heavy atom. The van der Waals surface area contributed by atoms with Crippen LogP contribution in [0.4, 0.5) is 0 Å². The van der Waals surface area contributed by atoms with Gasteiger partial charge in [0, 0.05) is 45.9 Å². The van der Waals surface area contributed by atoms with Gasteiger partial charge in [0.25, 0.3) is 6.33 Å². The van der Waals surface area contributed by atoms with Crippen LogP contribution in [0.2, 0.25) is 0 Å². The van der Waals surface area contributed by atoms with Crippen molar-refractivity contribution in [2.45, 2.75) is 92.9 Å². The molecule has 398 valence electrons. The zero-order valence-corrected chi connectivity index (χ0v) is 48.9. The number of aryl methyl sites for hydroxylation is 10. The Bertz CT molecular complexity index is 3210. The van der Waals surface area contributed by atoms with Crippen molar-refractivity contribution in [3.63, 3.8) is 0 Å². The van der Waals surface area contributed by atoms with Crippen LogP contribution in [0.5, 0.6) is 0 Å². The Hall–Kier alpha value is -8.30. The van der Waals surface area contributed by atoms with E-state index in [-0.39, 0.29) is 36.1 Å². The highest BCUT2D eigenvalue weighted by molar-refractivity contribution is 5.64. The van der Waals surface area contributed by atoms with Crippen molar-refractivity contribution >= 4 is 0 Å². The lowest BCUT2D eigenvalue weighted by Gasteiger charge is -2.27. The van der Waals surface area contributed by atoms with Crippen LogP contribution >= 0.6 is 0 Å². The summed E-state index contributed by atoms with van der Waals surface area (Å²) >= 11 is 0.